The average Bonchev–Trinajstić information content (AvgIpc) is 2.59. The molecule has 3 nitrogen and oxygen atoms in total. The molecule has 2 fully saturated rings. The van der Waals surface area contributed by atoms with Crippen LogP contribution in [0.4, 0.5) is 0 Å². The van der Waals surface area contributed by atoms with E-state index in [1.54, 1.807) is 0 Å². The molecule has 82 valence electrons. The maximum absolute atomic E-state index is 6.21. The van der Waals surface area contributed by atoms with Crippen molar-refractivity contribution in [2.45, 2.75) is 51.4 Å². The highest BCUT2D eigenvalue weighted by molar-refractivity contribution is 5.08. The number of ether oxygens (including phenoxy) is 1. The third-order valence-corrected chi connectivity index (χ3v) is 3.73. The quantitative estimate of drug-likeness (QED) is 0.730. The van der Waals surface area contributed by atoms with Gasteiger partial charge in [0, 0.05) is 25.2 Å². The summed E-state index contributed by atoms with van der Waals surface area (Å²) < 4.78 is 5.77. The Hall–Kier alpha value is -0.120. The molecule has 3 heteroatoms. The molecule has 0 amide bonds. The van der Waals surface area contributed by atoms with E-state index in [0.717, 1.165) is 6.61 Å². The van der Waals surface area contributed by atoms with Gasteiger partial charge in [-0.3, -0.25) is 4.90 Å². The topological polar surface area (TPSA) is 38.5 Å². The largest absolute Gasteiger partial charge is 0.377 e. The molecule has 0 radical (unpaired) electrons. The predicted octanol–water partition coefficient (Wildman–Crippen LogP) is 0.831. The molecule has 0 aromatic carbocycles. The fourth-order valence-electron chi connectivity index (χ4n) is 3.08. The van der Waals surface area contributed by atoms with Crippen molar-refractivity contribution in [2.24, 2.45) is 11.7 Å². The van der Waals surface area contributed by atoms with Crippen molar-refractivity contribution in [3.05, 3.63) is 0 Å². The standard InChI is InChI=1S/C11H22N2O/c1-4-14-9-5-8-6-13(7(2)3)11(9)10(8)12/h7-11H,4-6,12H2,1-3H3/t8-,9?,10-,11-/m1/s1. The van der Waals surface area contributed by atoms with Gasteiger partial charge in [0.15, 0.2) is 0 Å². The Morgan fingerprint density at radius 1 is 1.50 bits per heavy atom. The van der Waals surface area contributed by atoms with Crippen molar-refractivity contribution in [1.82, 2.24) is 4.90 Å². The molecule has 1 heterocycles. The molecule has 14 heavy (non-hydrogen) atoms. The molecule has 2 aliphatic rings. The summed E-state index contributed by atoms with van der Waals surface area (Å²) >= 11 is 0. The molecule has 0 aromatic heterocycles. The minimum atomic E-state index is 0.342. The summed E-state index contributed by atoms with van der Waals surface area (Å²) in [6.07, 6.45) is 1.55. The lowest BCUT2D eigenvalue weighted by Gasteiger charge is -2.35. The number of rotatable bonds is 3. The first kappa shape index (κ1) is 10.4. The number of hydrogen-bond acceptors (Lipinski definition) is 3. The van der Waals surface area contributed by atoms with E-state index in [4.69, 9.17) is 10.5 Å². The Balaban J connectivity index is 2.07. The molecule has 1 aliphatic carbocycles. The second-order valence-electron chi connectivity index (χ2n) is 4.85. The average molecular weight is 198 g/mol. The molecule has 0 aromatic rings. The van der Waals surface area contributed by atoms with Gasteiger partial charge in [-0.25, -0.2) is 0 Å². The summed E-state index contributed by atoms with van der Waals surface area (Å²) in [5.74, 6) is 0.666. The van der Waals surface area contributed by atoms with E-state index in [9.17, 15) is 0 Å². The zero-order valence-corrected chi connectivity index (χ0v) is 9.44. The third-order valence-electron chi connectivity index (χ3n) is 3.73. The number of likely N-dealkylation sites (tertiary alicyclic amines) is 1. The first-order valence-electron chi connectivity index (χ1n) is 5.78. The molecular formula is C11H22N2O. The predicted molar refractivity (Wildman–Crippen MR) is 57.1 cm³/mol. The lowest BCUT2D eigenvalue weighted by atomic mass is 10.1. The van der Waals surface area contributed by atoms with Crippen LogP contribution in [0.3, 0.4) is 0 Å². The van der Waals surface area contributed by atoms with Crippen LogP contribution in [0.15, 0.2) is 0 Å². The minimum Gasteiger partial charge on any atom is -0.377 e. The number of fused-ring (bicyclic) bond motifs is 2. The molecule has 1 unspecified atom stereocenters. The third kappa shape index (κ3) is 1.47. The minimum absolute atomic E-state index is 0.342. The van der Waals surface area contributed by atoms with Crippen LogP contribution in [0.1, 0.15) is 27.2 Å². The van der Waals surface area contributed by atoms with E-state index in [1.807, 2.05) is 0 Å². The van der Waals surface area contributed by atoms with Crippen molar-refractivity contribution in [2.75, 3.05) is 13.2 Å². The van der Waals surface area contributed by atoms with Gasteiger partial charge in [0.25, 0.3) is 0 Å². The molecule has 2 N–H and O–H groups in total. The SMILES string of the molecule is CCOC1C[C@@H]2CN(C(C)C)[C@H]1[C@@H]2N. The fourth-order valence-corrected chi connectivity index (χ4v) is 3.08. The van der Waals surface area contributed by atoms with Crippen LogP contribution in [0.5, 0.6) is 0 Å². The summed E-state index contributed by atoms with van der Waals surface area (Å²) in [5, 5.41) is 0. The Morgan fingerprint density at radius 3 is 2.71 bits per heavy atom. The number of piperidine rings is 1. The van der Waals surface area contributed by atoms with E-state index < -0.39 is 0 Å². The normalized spacial score (nSPS) is 42.6. The summed E-state index contributed by atoms with van der Waals surface area (Å²) in [6.45, 7) is 8.55. The molecule has 2 bridgehead atoms. The Morgan fingerprint density at radius 2 is 2.21 bits per heavy atom. The van der Waals surface area contributed by atoms with E-state index in [-0.39, 0.29) is 0 Å². The van der Waals surface area contributed by atoms with E-state index >= 15 is 0 Å². The molecule has 1 saturated heterocycles. The highest BCUT2D eigenvalue weighted by atomic mass is 16.5. The molecule has 0 spiro atoms. The molecule has 1 saturated carbocycles. The summed E-state index contributed by atoms with van der Waals surface area (Å²) in [7, 11) is 0. The van der Waals surface area contributed by atoms with Gasteiger partial charge >= 0.3 is 0 Å². The van der Waals surface area contributed by atoms with Crippen LogP contribution >= 0.6 is 0 Å². The van der Waals surface area contributed by atoms with Gasteiger partial charge in [0.1, 0.15) is 0 Å². The zero-order valence-electron chi connectivity index (χ0n) is 9.44. The second-order valence-corrected chi connectivity index (χ2v) is 4.85. The van der Waals surface area contributed by atoms with Crippen molar-refractivity contribution in [3.8, 4) is 0 Å². The lowest BCUT2D eigenvalue weighted by molar-refractivity contribution is -0.0151. The van der Waals surface area contributed by atoms with Gasteiger partial charge in [-0.1, -0.05) is 0 Å². The van der Waals surface area contributed by atoms with Crippen LogP contribution in [0, 0.1) is 5.92 Å². The van der Waals surface area contributed by atoms with Gasteiger partial charge in [0.05, 0.1) is 12.1 Å². The monoisotopic (exact) mass is 198 g/mol. The van der Waals surface area contributed by atoms with Gasteiger partial charge in [-0.05, 0) is 33.1 Å². The molecular weight excluding hydrogens is 176 g/mol. The summed E-state index contributed by atoms with van der Waals surface area (Å²) in [6, 6.07) is 1.41. The van der Waals surface area contributed by atoms with Crippen LogP contribution < -0.4 is 5.73 Å². The highest BCUT2D eigenvalue weighted by Crippen LogP contribution is 2.39. The zero-order chi connectivity index (χ0) is 10.3. The molecule has 4 atom stereocenters. The smallest absolute Gasteiger partial charge is 0.0749 e. The van der Waals surface area contributed by atoms with Crippen molar-refractivity contribution in [3.63, 3.8) is 0 Å². The fraction of sp³-hybridized carbons (Fsp3) is 1.00. The van der Waals surface area contributed by atoms with Crippen LogP contribution in [-0.4, -0.2) is 42.3 Å². The van der Waals surface area contributed by atoms with Crippen molar-refractivity contribution < 1.29 is 4.74 Å². The Bertz CT molecular complexity index is 207. The first-order valence-corrected chi connectivity index (χ1v) is 5.78. The van der Waals surface area contributed by atoms with Crippen LogP contribution in [-0.2, 0) is 4.74 Å². The number of nitrogens with zero attached hydrogens (tertiary/aromatic N) is 1. The van der Waals surface area contributed by atoms with Crippen molar-refractivity contribution >= 4 is 0 Å². The Kier molecular flexibility index (Phi) is 2.82. The molecule has 2 rings (SSSR count). The number of nitrogens with two attached hydrogens (primary N) is 1. The second kappa shape index (κ2) is 3.80. The maximum Gasteiger partial charge on any atom is 0.0749 e. The van der Waals surface area contributed by atoms with Gasteiger partial charge in [0.2, 0.25) is 0 Å². The van der Waals surface area contributed by atoms with Gasteiger partial charge in [-0.15, -0.1) is 0 Å². The van der Waals surface area contributed by atoms with E-state index in [1.165, 1.54) is 13.0 Å². The van der Waals surface area contributed by atoms with Crippen LogP contribution in [0.25, 0.3) is 0 Å². The summed E-state index contributed by atoms with van der Waals surface area (Å²) in [4.78, 5) is 2.51. The summed E-state index contributed by atoms with van der Waals surface area (Å²) in [5.41, 5.74) is 6.21. The number of hydrogen-bond donors (Lipinski definition) is 1. The van der Waals surface area contributed by atoms with Crippen LogP contribution in [0.2, 0.25) is 0 Å². The van der Waals surface area contributed by atoms with Gasteiger partial charge in [-0.2, -0.15) is 0 Å². The van der Waals surface area contributed by atoms with Gasteiger partial charge < -0.3 is 10.5 Å². The van der Waals surface area contributed by atoms with Crippen molar-refractivity contribution in [1.29, 1.82) is 0 Å². The molecule has 1 aliphatic heterocycles. The van der Waals surface area contributed by atoms with E-state index in [2.05, 4.69) is 25.7 Å². The Labute approximate surface area is 86.6 Å². The highest BCUT2D eigenvalue weighted by Gasteiger charge is 2.51. The van der Waals surface area contributed by atoms with E-state index in [0.29, 0.717) is 30.1 Å². The maximum atomic E-state index is 6.21. The first-order chi connectivity index (χ1) is 6.65. The lowest BCUT2D eigenvalue weighted by Crippen LogP contribution is -2.49.